The third-order valence-corrected chi connectivity index (χ3v) is 3.92. The van der Waals surface area contributed by atoms with Gasteiger partial charge in [-0.05, 0) is 42.7 Å². The number of alkyl halides is 2. The Balaban J connectivity index is 1.99. The van der Waals surface area contributed by atoms with Crippen molar-refractivity contribution in [3.63, 3.8) is 0 Å². The second-order valence-electron chi connectivity index (χ2n) is 5.26. The van der Waals surface area contributed by atoms with Gasteiger partial charge in [0.25, 0.3) is 6.43 Å². The third kappa shape index (κ3) is 2.68. The summed E-state index contributed by atoms with van der Waals surface area (Å²) in [4.78, 5) is 6.17. The van der Waals surface area contributed by atoms with E-state index in [-0.39, 0.29) is 11.6 Å². The SMILES string of the molecule is Nc1ccc(N2CCCC2c2cccnc2)c(C(F)F)c1. The van der Waals surface area contributed by atoms with Crippen LogP contribution in [-0.2, 0) is 0 Å². The van der Waals surface area contributed by atoms with E-state index in [0.717, 1.165) is 24.9 Å². The monoisotopic (exact) mass is 289 g/mol. The number of rotatable bonds is 3. The Morgan fingerprint density at radius 3 is 2.86 bits per heavy atom. The zero-order valence-corrected chi connectivity index (χ0v) is 11.5. The lowest BCUT2D eigenvalue weighted by Crippen LogP contribution is -2.24. The van der Waals surface area contributed by atoms with Crippen molar-refractivity contribution >= 4 is 11.4 Å². The fraction of sp³-hybridized carbons (Fsp3) is 0.312. The van der Waals surface area contributed by atoms with Crippen LogP contribution in [0.5, 0.6) is 0 Å². The minimum absolute atomic E-state index is 0.00536. The van der Waals surface area contributed by atoms with E-state index in [1.165, 1.54) is 6.07 Å². The molecule has 5 heteroatoms. The lowest BCUT2D eigenvalue weighted by atomic mass is 10.0. The topological polar surface area (TPSA) is 42.1 Å². The van der Waals surface area contributed by atoms with Crippen molar-refractivity contribution in [2.75, 3.05) is 17.2 Å². The number of nitrogen functional groups attached to an aromatic ring is 1. The van der Waals surface area contributed by atoms with Gasteiger partial charge in [-0.1, -0.05) is 6.07 Å². The van der Waals surface area contributed by atoms with Gasteiger partial charge in [-0.15, -0.1) is 0 Å². The molecule has 3 rings (SSSR count). The first-order valence-electron chi connectivity index (χ1n) is 7.01. The Hall–Kier alpha value is -2.17. The maximum atomic E-state index is 13.3. The molecule has 2 heterocycles. The van der Waals surface area contributed by atoms with Gasteiger partial charge >= 0.3 is 0 Å². The van der Waals surface area contributed by atoms with Crippen LogP contribution in [0.3, 0.4) is 0 Å². The summed E-state index contributed by atoms with van der Waals surface area (Å²) in [7, 11) is 0. The van der Waals surface area contributed by atoms with Gasteiger partial charge in [0.15, 0.2) is 0 Å². The Morgan fingerprint density at radius 1 is 1.29 bits per heavy atom. The molecule has 0 amide bonds. The second-order valence-corrected chi connectivity index (χ2v) is 5.26. The van der Waals surface area contributed by atoms with Crippen LogP contribution in [0, 0.1) is 0 Å². The predicted molar refractivity (Wildman–Crippen MR) is 79.4 cm³/mol. The van der Waals surface area contributed by atoms with Gasteiger partial charge in [0.1, 0.15) is 0 Å². The molecule has 1 atom stereocenters. The molecule has 1 aromatic heterocycles. The van der Waals surface area contributed by atoms with Gasteiger partial charge in [-0.2, -0.15) is 0 Å². The summed E-state index contributed by atoms with van der Waals surface area (Å²) < 4.78 is 26.6. The van der Waals surface area contributed by atoms with Gasteiger partial charge in [-0.25, -0.2) is 8.78 Å². The van der Waals surface area contributed by atoms with Gasteiger partial charge < -0.3 is 10.6 Å². The summed E-state index contributed by atoms with van der Waals surface area (Å²) in [6.45, 7) is 0.767. The third-order valence-electron chi connectivity index (χ3n) is 3.92. The van der Waals surface area contributed by atoms with Crippen molar-refractivity contribution in [1.82, 2.24) is 4.98 Å². The fourth-order valence-corrected chi connectivity index (χ4v) is 2.98. The molecule has 1 aromatic carbocycles. The first-order chi connectivity index (χ1) is 10.2. The number of nitrogens with two attached hydrogens (primary N) is 1. The molecule has 0 spiro atoms. The van der Waals surface area contributed by atoms with E-state index in [0.29, 0.717) is 11.4 Å². The smallest absolute Gasteiger partial charge is 0.265 e. The highest BCUT2D eigenvalue weighted by Gasteiger charge is 2.29. The highest BCUT2D eigenvalue weighted by Crippen LogP contribution is 2.40. The van der Waals surface area contributed by atoms with E-state index >= 15 is 0 Å². The highest BCUT2D eigenvalue weighted by atomic mass is 19.3. The molecule has 2 aromatic rings. The molecule has 0 aliphatic carbocycles. The lowest BCUT2D eigenvalue weighted by Gasteiger charge is -2.29. The van der Waals surface area contributed by atoms with Gasteiger partial charge in [0.2, 0.25) is 0 Å². The maximum Gasteiger partial charge on any atom is 0.265 e. The Labute approximate surface area is 122 Å². The average Bonchev–Trinajstić information content (AvgIpc) is 2.97. The number of benzene rings is 1. The minimum Gasteiger partial charge on any atom is -0.399 e. The molecule has 3 nitrogen and oxygen atoms in total. The molecule has 1 unspecified atom stereocenters. The van der Waals surface area contributed by atoms with E-state index in [4.69, 9.17) is 5.73 Å². The number of pyridine rings is 1. The summed E-state index contributed by atoms with van der Waals surface area (Å²) in [5, 5.41) is 0. The molecule has 0 saturated carbocycles. The summed E-state index contributed by atoms with van der Waals surface area (Å²) in [6.07, 6.45) is 2.92. The zero-order chi connectivity index (χ0) is 14.8. The van der Waals surface area contributed by atoms with Crippen LogP contribution in [0.4, 0.5) is 20.2 Å². The van der Waals surface area contributed by atoms with Crippen LogP contribution in [0.25, 0.3) is 0 Å². The molecule has 1 fully saturated rings. The molecule has 0 radical (unpaired) electrons. The van der Waals surface area contributed by atoms with Crippen molar-refractivity contribution < 1.29 is 8.78 Å². The molecular formula is C16H17F2N3. The molecule has 21 heavy (non-hydrogen) atoms. The molecule has 1 saturated heterocycles. The number of hydrogen-bond donors (Lipinski definition) is 1. The van der Waals surface area contributed by atoms with E-state index in [9.17, 15) is 8.78 Å². The number of halogens is 2. The first kappa shape index (κ1) is 13.8. The summed E-state index contributed by atoms with van der Waals surface area (Å²) in [6, 6.07) is 8.72. The summed E-state index contributed by atoms with van der Waals surface area (Å²) in [5.74, 6) is 0. The molecule has 1 aliphatic heterocycles. The van der Waals surface area contributed by atoms with Gasteiger partial charge in [0, 0.05) is 35.9 Å². The quantitative estimate of drug-likeness (QED) is 0.870. The Morgan fingerprint density at radius 2 is 2.14 bits per heavy atom. The maximum absolute atomic E-state index is 13.3. The van der Waals surface area contributed by atoms with Gasteiger partial charge in [0.05, 0.1) is 6.04 Å². The summed E-state index contributed by atoms with van der Waals surface area (Å²) >= 11 is 0. The minimum atomic E-state index is -2.53. The van der Waals surface area contributed by atoms with E-state index < -0.39 is 6.43 Å². The van der Waals surface area contributed by atoms with Crippen LogP contribution in [0.15, 0.2) is 42.7 Å². The number of nitrogens with zero attached hydrogens (tertiary/aromatic N) is 2. The number of hydrogen-bond acceptors (Lipinski definition) is 3. The summed E-state index contributed by atoms with van der Waals surface area (Å²) in [5.41, 5.74) is 7.66. The van der Waals surface area contributed by atoms with Crippen molar-refractivity contribution in [3.8, 4) is 0 Å². The van der Waals surface area contributed by atoms with Crippen molar-refractivity contribution in [3.05, 3.63) is 53.9 Å². The second kappa shape index (κ2) is 5.68. The standard InChI is InChI=1S/C16H17F2N3/c17-16(18)13-9-12(19)5-6-15(13)21-8-2-4-14(21)11-3-1-7-20-10-11/h1,3,5-7,9-10,14,16H,2,4,8,19H2. The zero-order valence-electron chi connectivity index (χ0n) is 11.5. The van der Waals surface area contributed by atoms with Gasteiger partial charge in [-0.3, -0.25) is 4.98 Å². The van der Waals surface area contributed by atoms with Crippen molar-refractivity contribution in [2.24, 2.45) is 0 Å². The van der Waals surface area contributed by atoms with Crippen LogP contribution < -0.4 is 10.6 Å². The molecule has 110 valence electrons. The molecule has 2 N–H and O–H groups in total. The lowest BCUT2D eigenvalue weighted by molar-refractivity contribution is 0.152. The average molecular weight is 289 g/mol. The fourth-order valence-electron chi connectivity index (χ4n) is 2.98. The highest BCUT2D eigenvalue weighted by molar-refractivity contribution is 5.61. The molecular weight excluding hydrogens is 272 g/mol. The Kier molecular flexibility index (Phi) is 3.73. The molecule has 1 aliphatic rings. The molecule has 0 bridgehead atoms. The largest absolute Gasteiger partial charge is 0.399 e. The van der Waals surface area contributed by atoms with E-state index in [1.807, 2.05) is 23.2 Å². The first-order valence-corrected chi connectivity index (χ1v) is 7.01. The van der Waals surface area contributed by atoms with Crippen LogP contribution >= 0.6 is 0 Å². The van der Waals surface area contributed by atoms with Crippen LogP contribution in [-0.4, -0.2) is 11.5 Å². The normalized spacial score (nSPS) is 18.4. The van der Waals surface area contributed by atoms with E-state index in [2.05, 4.69) is 4.98 Å². The predicted octanol–water partition coefficient (Wildman–Crippen LogP) is 3.94. The van der Waals surface area contributed by atoms with Crippen LogP contribution in [0.2, 0.25) is 0 Å². The Bertz CT molecular complexity index is 616. The number of aromatic nitrogens is 1. The van der Waals surface area contributed by atoms with E-state index in [1.54, 1.807) is 18.3 Å². The van der Waals surface area contributed by atoms with Crippen molar-refractivity contribution in [2.45, 2.75) is 25.3 Å². The van der Waals surface area contributed by atoms with Crippen molar-refractivity contribution in [1.29, 1.82) is 0 Å². The van der Waals surface area contributed by atoms with Crippen LogP contribution in [0.1, 0.15) is 36.4 Å². The number of anilines is 2.